The predicted octanol–water partition coefficient (Wildman–Crippen LogP) is 5.25. The Bertz CT molecular complexity index is 1370. The summed E-state index contributed by atoms with van der Waals surface area (Å²) in [6, 6.07) is 12.4. The molecule has 2 heterocycles. The molecule has 0 saturated heterocycles. The molecule has 4 rings (SSSR count). The van der Waals surface area contributed by atoms with Gasteiger partial charge < -0.3 is 14.5 Å². The van der Waals surface area contributed by atoms with E-state index in [1.54, 1.807) is 30.3 Å². The molecule has 2 N–H and O–H groups in total. The van der Waals surface area contributed by atoms with Crippen molar-refractivity contribution in [3.05, 3.63) is 69.4 Å². The summed E-state index contributed by atoms with van der Waals surface area (Å²) in [5.41, 5.74) is 0.789. The molecule has 0 aliphatic rings. The third-order valence-electron chi connectivity index (χ3n) is 4.31. The zero-order chi connectivity index (χ0) is 22.8. The number of anilines is 1. The Morgan fingerprint density at radius 3 is 2.81 bits per heavy atom. The Hall–Kier alpha value is -3.54. The molecule has 162 valence electrons. The summed E-state index contributed by atoms with van der Waals surface area (Å²) in [5, 5.41) is 17.4. The van der Waals surface area contributed by atoms with Crippen molar-refractivity contribution in [2.24, 2.45) is 0 Å². The number of nitro benzene ring substituents is 1. The van der Waals surface area contributed by atoms with Crippen LogP contribution in [0.25, 0.3) is 21.5 Å². The van der Waals surface area contributed by atoms with Gasteiger partial charge >= 0.3 is 0 Å². The number of thiocarbonyl (C=S) groups is 1. The van der Waals surface area contributed by atoms with E-state index in [0.29, 0.717) is 21.4 Å². The maximum atomic E-state index is 12.5. The number of amides is 1. The minimum atomic E-state index is -0.613. The van der Waals surface area contributed by atoms with Gasteiger partial charge in [-0.15, -0.1) is 0 Å². The highest BCUT2D eigenvalue weighted by Gasteiger charge is 2.20. The molecule has 0 radical (unpaired) electrons. The van der Waals surface area contributed by atoms with Crippen LogP contribution in [0.3, 0.4) is 0 Å². The number of aromatic nitrogens is 1. The van der Waals surface area contributed by atoms with Gasteiger partial charge in [-0.2, -0.15) is 0 Å². The van der Waals surface area contributed by atoms with Crippen molar-refractivity contribution in [3.63, 3.8) is 0 Å². The number of hydrogen-bond donors (Lipinski definition) is 2. The molecule has 0 saturated carbocycles. The summed E-state index contributed by atoms with van der Waals surface area (Å²) >= 11 is 12.6. The second-order valence-electron chi connectivity index (χ2n) is 6.32. The number of nitrogens with one attached hydrogen (secondary N) is 2. The maximum Gasteiger partial charge on any atom is 0.293 e. The molecule has 0 spiro atoms. The number of nitrogens with zero attached hydrogens (tertiary/aromatic N) is 2. The molecule has 0 fully saturated rings. The molecule has 0 aliphatic heterocycles. The molecule has 2 aromatic heterocycles. The van der Waals surface area contributed by atoms with Gasteiger partial charge in [-0.05, 0) is 36.5 Å². The first-order chi connectivity index (χ1) is 15.4. The molecule has 12 heteroatoms. The topological polar surface area (TPSA) is 120 Å². The van der Waals surface area contributed by atoms with Crippen molar-refractivity contribution in [2.75, 3.05) is 12.4 Å². The summed E-state index contributed by atoms with van der Waals surface area (Å²) in [6.07, 6.45) is 0. The van der Waals surface area contributed by atoms with Crippen LogP contribution in [0.2, 0.25) is 5.02 Å². The van der Waals surface area contributed by atoms with Gasteiger partial charge in [0.05, 0.1) is 32.8 Å². The van der Waals surface area contributed by atoms with E-state index in [4.69, 9.17) is 33.0 Å². The molecule has 32 heavy (non-hydrogen) atoms. The molecule has 0 bridgehead atoms. The fourth-order valence-corrected chi connectivity index (χ4v) is 4.25. The largest absolute Gasteiger partial charge is 0.495 e. The van der Waals surface area contributed by atoms with Crippen molar-refractivity contribution in [3.8, 4) is 17.1 Å². The molecular formula is C20H13ClN4O5S2. The van der Waals surface area contributed by atoms with Gasteiger partial charge in [0.1, 0.15) is 11.5 Å². The van der Waals surface area contributed by atoms with E-state index >= 15 is 0 Å². The maximum absolute atomic E-state index is 12.5. The Kier molecular flexibility index (Phi) is 6.04. The van der Waals surface area contributed by atoms with Crippen LogP contribution in [0.1, 0.15) is 10.6 Å². The Morgan fingerprint density at radius 2 is 2.06 bits per heavy atom. The van der Waals surface area contributed by atoms with E-state index in [1.165, 1.54) is 36.6 Å². The normalized spacial score (nSPS) is 10.7. The number of methoxy groups -OCH3 is 1. The van der Waals surface area contributed by atoms with Gasteiger partial charge in [0.2, 0.25) is 0 Å². The van der Waals surface area contributed by atoms with Crippen LogP contribution in [0, 0.1) is 10.1 Å². The van der Waals surface area contributed by atoms with Crippen LogP contribution in [-0.2, 0) is 0 Å². The number of fused-ring (bicyclic) bond motifs is 1. The molecular weight excluding hydrogens is 476 g/mol. The number of para-hydroxylation sites is 1. The number of thiazole rings is 1. The average Bonchev–Trinajstić information content (AvgIpc) is 3.39. The first kappa shape index (κ1) is 21.7. The van der Waals surface area contributed by atoms with Gasteiger partial charge in [-0.3, -0.25) is 20.2 Å². The number of nitro groups is 1. The number of furan rings is 1. The number of carbonyl (C=O) groups is 1. The van der Waals surface area contributed by atoms with E-state index in [1.807, 2.05) is 0 Å². The standard InChI is InChI=1S/C20H13ClN4O5S2/c1-29-16-9-17-12(8-11(16)21)22-20(32-17)24-19(31)23-18(26)15-7-6-14(30-15)10-4-2-3-5-13(10)25(27)28/h2-9H,1H3,(H2,22,23,24,26,31). The summed E-state index contributed by atoms with van der Waals surface area (Å²) < 4.78 is 11.5. The first-order valence-corrected chi connectivity index (χ1v) is 10.6. The van der Waals surface area contributed by atoms with Crippen LogP contribution >= 0.6 is 35.2 Å². The Morgan fingerprint density at radius 1 is 1.28 bits per heavy atom. The number of hydrogen-bond acceptors (Lipinski definition) is 8. The lowest BCUT2D eigenvalue weighted by atomic mass is 10.1. The van der Waals surface area contributed by atoms with E-state index in [2.05, 4.69) is 15.6 Å². The molecule has 0 aliphatic carbocycles. The average molecular weight is 489 g/mol. The molecule has 0 atom stereocenters. The summed E-state index contributed by atoms with van der Waals surface area (Å²) in [6.45, 7) is 0. The molecule has 9 nitrogen and oxygen atoms in total. The Labute approximate surface area is 195 Å². The highest BCUT2D eigenvalue weighted by Crippen LogP contribution is 2.34. The fraction of sp³-hybridized carbons (Fsp3) is 0.0500. The van der Waals surface area contributed by atoms with Crippen molar-refractivity contribution in [1.82, 2.24) is 10.3 Å². The molecule has 1 amide bonds. The van der Waals surface area contributed by atoms with E-state index in [9.17, 15) is 14.9 Å². The van der Waals surface area contributed by atoms with Gasteiger partial charge in [0, 0.05) is 12.1 Å². The van der Waals surface area contributed by atoms with Crippen LogP contribution in [0.15, 0.2) is 52.9 Å². The quantitative estimate of drug-likeness (QED) is 0.222. The lowest BCUT2D eigenvalue weighted by Gasteiger charge is -2.05. The zero-order valence-corrected chi connectivity index (χ0v) is 18.6. The number of ether oxygens (including phenoxy) is 1. The number of halogens is 1. The highest BCUT2D eigenvalue weighted by molar-refractivity contribution is 7.80. The van der Waals surface area contributed by atoms with Gasteiger partial charge in [0.15, 0.2) is 16.0 Å². The van der Waals surface area contributed by atoms with E-state index in [0.717, 1.165) is 4.70 Å². The summed E-state index contributed by atoms with van der Waals surface area (Å²) in [7, 11) is 1.52. The lowest BCUT2D eigenvalue weighted by Crippen LogP contribution is -2.33. The lowest BCUT2D eigenvalue weighted by molar-refractivity contribution is -0.384. The molecule has 2 aromatic carbocycles. The van der Waals surface area contributed by atoms with Crippen LogP contribution in [0.4, 0.5) is 10.8 Å². The molecule has 4 aromatic rings. The number of benzene rings is 2. The van der Waals surface area contributed by atoms with Crippen LogP contribution in [0.5, 0.6) is 5.75 Å². The minimum Gasteiger partial charge on any atom is -0.495 e. The number of rotatable bonds is 5. The third-order valence-corrected chi connectivity index (χ3v) is 5.74. The van der Waals surface area contributed by atoms with Gasteiger partial charge in [-0.1, -0.05) is 35.1 Å². The second-order valence-corrected chi connectivity index (χ2v) is 8.17. The third kappa shape index (κ3) is 4.40. The smallest absolute Gasteiger partial charge is 0.293 e. The zero-order valence-electron chi connectivity index (χ0n) is 16.2. The Balaban J connectivity index is 1.46. The van der Waals surface area contributed by atoms with Crippen molar-refractivity contribution < 1.29 is 18.9 Å². The number of carbonyl (C=O) groups excluding carboxylic acids is 1. The van der Waals surface area contributed by atoms with Gasteiger partial charge in [0.25, 0.3) is 11.6 Å². The SMILES string of the molecule is COc1cc2sc(NC(=S)NC(=O)c3ccc(-c4ccccc4[N+](=O)[O-])o3)nc2cc1Cl. The second kappa shape index (κ2) is 8.91. The van der Waals surface area contributed by atoms with Crippen molar-refractivity contribution in [2.45, 2.75) is 0 Å². The van der Waals surface area contributed by atoms with Crippen molar-refractivity contribution >= 4 is 67.2 Å². The minimum absolute atomic E-state index is 0.00996. The fourth-order valence-electron chi connectivity index (χ4n) is 2.88. The molecule has 0 unspecified atom stereocenters. The first-order valence-electron chi connectivity index (χ1n) is 8.95. The highest BCUT2D eigenvalue weighted by atomic mass is 35.5. The monoisotopic (exact) mass is 488 g/mol. The van der Waals surface area contributed by atoms with E-state index in [-0.39, 0.29) is 27.9 Å². The van der Waals surface area contributed by atoms with Crippen LogP contribution < -0.4 is 15.4 Å². The summed E-state index contributed by atoms with van der Waals surface area (Å²) in [5.74, 6) is 0.0529. The predicted molar refractivity (Wildman–Crippen MR) is 126 cm³/mol. The van der Waals surface area contributed by atoms with Gasteiger partial charge in [-0.25, -0.2) is 4.98 Å². The van der Waals surface area contributed by atoms with E-state index < -0.39 is 10.8 Å². The summed E-state index contributed by atoms with van der Waals surface area (Å²) in [4.78, 5) is 27.6. The van der Waals surface area contributed by atoms with Crippen LogP contribution in [-0.4, -0.2) is 28.0 Å². The van der Waals surface area contributed by atoms with Crippen molar-refractivity contribution in [1.29, 1.82) is 0 Å².